The van der Waals surface area contributed by atoms with E-state index in [4.69, 9.17) is 39.4 Å². The number of H-pyrrole nitrogens is 2. The van der Waals surface area contributed by atoms with E-state index in [-0.39, 0.29) is 35.7 Å². The first-order valence-corrected chi connectivity index (χ1v) is 23.2. The highest BCUT2D eigenvalue weighted by atomic mass is 16.6. The highest BCUT2D eigenvalue weighted by molar-refractivity contribution is 5.87. The van der Waals surface area contributed by atoms with Gasteiger partial charge >= 0.3 is 6.09 Å². The quantitative estimate of drug-likeness (QED) is 0.101. The molecular weight excluding hydrogens is 829 g/mol. The maximum Gasteiger partial charge on any atom is 0.407 e. The number of rotatable bonds is 18. The lowest BCUT2D eigenvalue weighted by atomic mass is 9.81. The van der Waals surface area contributed by atoms with Gasteiger partial charge in [0.15, 0.2) is 0 Å². The van der Waals surface area contributed by atoms with Gasteiger partial charge in [0, 0.05) is 27.3 Å². The molecule has 3 aromatic rings. The predicted octanol–water partition coefficient (Wildman–Crippen LogP) is 6.56. The molecule has 3 amide bonds. The molecular formula is C49H68N8O8. The van der Waals surface area contributed by atoms with Crippen LogP contribution < -0.4 is 11.1 Å². The van der Waals surface area contributed by atoms with E-state index in [0.29, 0.717) is 45.3 Å². The molecule has 2 aromatic heterocycles. The molecule has 4 heterocycles. The van der Waals surface area contributed by atoms with Crippen molar-refractivity contribution >= 4 is 40.1 Å². The van der Waals surface area contributed by atoms with Gasteiger partial charge in [0.2, 0.25) is 11.8 Å². The number of aromatic nitrogens is 4. The summed E-state index contributed by atoms with van der Waals surface area (Å²) in [4.78, 5) is 60.0. The lowest BCUT2D eigenvalue weighted by Crippen LogP contribution is -2.51. The Labute approximate surface area is 382 Å². The molecule has 5 N–H and O–H groups in total. The Bertz CT molecular complexity index is 2270. The molecule has 2 fully saturated rings. The summed E-state index contributed by atoms with van der Waals surface area (Å²) in [5.74, 6) is 1.27. The summed E-state index contributed by atoms with van der Waals surface area (Å²) >= 11 is 0. The van der Waals surface area contributed by atoms with Gasteiger partial charge in [-0.05, 0) is 96.8 Å². The largest absolute Gasteiger partial charge is 0.453 e. The first-order chi connectivity index (χ1) is 31.4. The number of alkyl carbamates (subject to hydrolysis) is 1. The number of benzene rings is 1. The van der Waals surface area contributed by atoms with Crippen molar-refractivity contribution in [2.75, 3.05) is 60.8 Å². The number of likely N-dealkylation sites (tertiary alicyclic amines) is 2. The van der Waals surface area contributed by atoms with Gasteiger partial charge in [0.05, 0.1) is 74.6 Å². The van der Waals surface area contributed by atoms with Gasteiger partial charge in [-0.15, -0.1) is 0 Å². The molecule has 2 aliphatic heterocycles. The number of hydrogen-bond acceptors (Lipinski definition) is 11. The number of piperidine rings is 1. The SMILES string of the molecule is COCCOC1C(C2=CC=C(c3cnc(C4CCCCN4C(=O)C(N)C(C)C)[nH]3)CC2)=CC=C(c2ccc3nc(C4CCCN4C(=O)C(NC(=O)OC)C(C)C)[nH]c3c2)C1OCCOC. The first-order valence-electron chi connectivity index (χ1n) is 23.2. The standard InChI is InChI=1S/C49H68N8O8/c1-29(2)41(50)47(58)56-21-9-8-11-39(56)45-51-28-38(54-45)32-15-13-31(14-16-32)34-18-19-35(44(65-26-24-62-6)43(34)64-25-23-61-5)33-17-20-36-37(27-33)53-46(52-36)40-12-10-22-57(40)48(59)42(30(3)4)55-49(60)63-7/h13,15,17-20,27-30,39-44H,8-12,14,16,21-26,50H2,1-7H3,(H,51,54)(H,52,53)(H,55,60). The van der Waals surface area contributed by atoms with Gasteiger partial charge in [0.25, 0.3) is 0 Å². The average molecular weight is 897 g/mol. The average Bonchev–Trinajstić information content (AvgIpc) is 4.11. The number of aromatic amines is 2. The van der Waals surface area contributed by atoms with Gasteiger partial charge in [-0.3, -0.25) is 9.59 Å². The normalized spacial score (nSPS) is 22.4. The van der Waals surface area contributed by atoms with Crippen molar-refractivity contribution in [3.63, 3.8) is 0 Å². The number of allylic oxidation sites excluding steroid dienone is 5. The molecule has 16 nitrogen and oxygen atoms in total. The lowest BCUT2D eigenvalue weighted by molar-refractivity contribution is -0.137. The number of ether oxygens (including phenoxy) is 5. The maximum atomic E-state index is 13.8. The van der Waals surface area contributed by atoms with Gasteiger partial charge < -0.3 is 54.5 Å². The van der Waals surface area contributed by atoms with E-state index in [2.05, 4.69) is 51.7 Å². The number of imidazole rings is 2. The van der Waals surface area contributed by atoms with Crippen molar-refractivity contribution in [3.8, 4) is 0 Å². The minimum atomic E-state index is -0.719. The summed E-state index contributed by atoms with van der Waals surface area (Å²) < 4.78 is 29.0. The van der Waals surface area contributed by atoms with Gasteiger partial charge in [-0.2, -0.15) is 0 Å². The molecule has 1 aromatic carbocycles. The second-order valence-electron chi connectivity index (χ2n) is 18.1. The van der Waals surface area contributed by atoms with Crippen molar-refractivity contribution in [2.45, 2.75) is 109 Å². The van der Waals surface area contributed by atoms with Crippen LogP contribution in [-0.4, -0.2) is 133 Å². The summed E-state index contributed by atoms with van der Waals surface area (Å²) in [5, 5.41) is 2.73. The molecule has 0 bridgehead atoms. The van der Waals surface area contributed by atoms with Crippen molar-refractivity contribution in [1.82, 2.24) is 35.1 Å². The minimum Gasteiger partial charge on any atom is -0.453 e. The fraction of sp³-hybridized carbons (Fsp3) is 0.571. The van der Waals surface area contributed by atoms with Crippen LogP contribution in [0.4, 0.5) is 4.79 Å². The van der Waals surface area contributed by atoms with E-state index in [1.807, 2.05) is 49.8 Å². The van der Waals surface area contributed by atoms with Crippen LogP contribution in [0.25, 0.3) is 22.2 Å². The zero-order chi connectivity index (χ0) is 46.2. The molecule has 0 spiro atoms. The number of carbonyl (C=O) groups excluding carboxylic acids is 3. The molecule has 2 aliphatic carbocycles. The van der Waals surface area contributed by atoms with Gasteiger partial charge in [-0.25, -0.2) is 14.8 Å². The Morgan fingerprint density at radius 2 is 1.42 bits per heavy atom. The molecule has 7 rings (SSSR count). The number of nitrogens with one attached hydrogen (secondary N) is 3. The lowest BCUT2D eigenvalue weighted by Gasteiger charge is -2.36. The van der Waals surface area contributed by atoms with E-state index in [9.17, 15) is 14.4 Å². The minimum absolute atomic E-state index is 0.0123. The van der Waals surface area contributed by atoms with Crippen LogP contribution in [0.3, 0.4) is 0 Å². The molecule has 16 heteroatoms. The Morgan fingerprint density at radius 1 is 0.769 bits per heavy atom. The van der Waals surface area contributed by atoms with Crippen LogP contribution in [0, 0.1) is 11.8 Å². The number of carbonyl (C=O) groups is 3. The van der Waals surface area contributed by atoms with Crippen molar-refractivity contribution in [3.05, 3.63) is 82.8 Å². The highest BCUT2D eigenvalue weighted by Gasteiger charge is 2.39. The van der Waals surface area contributed by atoms with E-state index >= 15 is 0 Å². The van der Waals surface area contributed by atoms with Gasteiger partial charge in [0.1, 0.15) is 29.9 Å². The van der Waals surface area contributed by atoms with Gasteiger partial charge in [-0.1, -0.05) is 58.1 Å². The number of nitrogens with zero attached hydrogens (tertiary/aromatic N) is 4. The maximum absolute atomic E-state index is 13.8. The topological polar surface area (TPSA) is 199 Å². The summed E-state index contributed by atoms with van der Waals surface area (Å²) in [7, 11) is 4.62. The first kappa shape index (κ1) is 47.8. The number of hydrogen-bond donors (Lipinski definition) is 4. The van der Waals surface area contributed by atoms with Crippen LogP contribution in [-0.2, 0) is 33.3 Å². The third-order valence-corrected chi connectivity index (χ3v) is 13.1. The molecule has 6 atom stereocenters. The Morgan fingerprint density at radius 3 is 2.09 bits per heavy atom. The molecule has 4 aliphatic rings. The summed E-state index contributed by atoms with van der Waals surface area (Å²) in [6.07, 6.45) is 14.9. The smallest absolute Gasteiger partial charge is 0.407 e. The summed E-state index contributed by atoms with van der Waals surface area (Å²) in [6, 6.07) is 4.50. The predicted molar refractivity (Wildman–Crippen MR) is 248 cm³/mol. The fourth-order valence-electron chi connectivity index (χ4n) is 9.40. The molecule has 2 saturated heterocycles. The third kappa shape index (κ3) is 10.8. The van der Waals surface area contributed by atoms with Crippen molar-refractivity contribution < 1.29 is 38.1 Å². The zero-order valence-corrected chi connectivity index (χ0v) is 39.1. The Kier molecular flexibility index (Phi) is 16.1. The van der Waals surface area contributed by atoms with E-state index in [1.165, 1.54) is 7.11 Å². The van der Waals surface area contributed by atoms with Crippen LogP contribution in [0.1, 0.15) is 108 Å². The van der Waals surface area contributed by atoms with Crippen molar-refractivity contribution in [1.29, 1.82) is 0 Å². The van der Waals surface area contributed by atoms with Crippen LogP contribution >= 0.6 is 0 Å². The number of fused-ring (bicyclic) bond motifs is 1. The van der Waals surface area contributed by atoms with Crippen LogP contribution in [0.2, 0.25) is 0 Å². The fourth-order valence-corrected chi connectivity index (χ4v) is 9.40. The third-order valence-electron chi connectivity index (χ3n) is 13.1. The van der Waals surface area contributed by atoms with Crippen molar-refractivity contribution in [2.24, 2.45) is 17.6 Å². The zero-order valence-electron chi connectivity index (χ0n) is 39.1. The Balaban J connectivity index is 1.16. The Hall–Kier alpha value is -5.13. The summed E-state index contributed by atoms with van der Waals surface area (Å²) in [5.41, 5.74) is 14.2. The molecule has 6 unspecified atom stereocenters. The molecule has 65 heavy (non-hydrogen) atoms. The van der Waals surface area contributed by atoms with Crippen LogP contribution in [0.15, 0.2) is 59.8 Å². The van der Waals surface area contributed by atoms with E-state index in [0.717, 1.165) is 95.4 Å². The number of methoxy groups -OCH3 is 3. The highest BCUT2D eigenvalue weighted by Crippen LogP contribution is 2.40. The molecule has 352 valence electrons. The monoisotopic (exact) mass is 897 g/mol. The van der Waals surface area contributed by atoms with Crippen LogP contribution in [0.5, 0.6) is 0 Å². The number of nitrogens with two attached hydrogens (primary N) is 1. The second kappa shape index (κ2) is 21.9. The summed E-state index contributed by atoms with van der Waals surface area (Å²) in [6.45, 7) is 10.6. The molecule has 0 radical (unpaired) electrons. The van der Waals surface area contributed by atoms with E-state index in [1.54, 1.807) is 14.2 Å². The molecule has 0 saturated carbocycles. The van der Waals surface area contributed by atoms with E-state index < -0.39 is 30.4 Å². The second-order valence-corrected chi connectivity index (χ2v) is 18.1. The number of amides is 3.